The Hall–Kier alpha value is -0.570. The zero-order valence-electron chi connectivity index (χ0n) is 8.25. The predicted molar refractivity (Wildman–Crippen MR) is 48.9 cm³/mol. The SMILES string of the molecule is CCCOOC(=O)C1CCCCC1. The molecular formula is C10H18O3. The van der Waals surface area contributed by atoms with E-state index >= 15 is 0 Å². The van der Waals surface area contributed by atoms with Gasteiger partial charge < -0.3 is 0 Å². The van der Waals surface area contributed by atoms with Crippen LogP contribution in [0.15, 0.2) is 0 Å². The number of carbonyl (C=O) groups excluding carboxylic acids is 1. The molecule has 1 aliphatic carbocycles. The van der Waals surface area contributed by atoms with Crippen LogP contribution in [0.25, 0.3) is 0 Å². The van der Waals surface area contributed by atoms with Crippen LogP contribution in [0.2, 0.25) is 0 Å². The lowest BCUT2D eigenvalue weighted by Crippen LogP contribution is -2.20. The van der Waals surface area contributed by atoms with Crippen LogP contribution in [-0.2, 0) is 14.6 Å². The first-order chi connectivity index (χ1) is 6.34. The van der Waals surface area contributed by atoms with Gasteiger partial charge in [-0.25, -0.2) is 4.79 Å². The first-order valence-electron chi connectivity index (χ1n) is 5.18. The number of rotatable bonds is 4. The molecule has 0 spiro atoms. The van der Waals surface area contributed by atoms with Gasteiger partial charge in [0.15, 0.2) is 0 Å². The summed E-state index contributed by atoms with van der Waals surface area (Å²) < 4.78 is 0. The second kappa shape index (κ2) is 5.97. The predicted octanol–water partition coefficient (Wildman–Crippen LogP) is 2.45. The summed E-state index contributed by atoms with van der Waals surface area (Å²) in [6, 6.07) is 0. The fraction of sp³-hybridized carbons (Fsp3) is 0.900. The van der Waals surface area contributed by atoms with Gasteiger partial charge in [0.1, 0.15) is 0 Å². The topological polar surface area (TPSA) is 35.5 Å². The highest BCUT2D eigenvalue weighted by Crippen LogP contribution is 2.24. The van der Waals surface area contributed by atoms with Crippen molar-refractivity contribution in [2.75, 3.05) is 6.61 Å². The Kier molecular flexibility index (Phi) is 4.83. The summed E-state index contributed by atoms with van der Waals surface area (Å²) in [5, 5.41) is 0. The molecule has 0 aromatic rings. The van der Waals surface area contributed by atoms with E-state index in [4.69, 9.17) is 4.89 Å². The van der Waals surface area contributed by atoms with Gasteiger partial charge in [0.25, 0.3) is 0 Å². The molecule has 13 heavy (non-hydrogen) atoms. The molecular weight excluding hydrogens is 168 g/mol. The Balaban J connectivity index is 2.13. The van der Waals surface area contributed by atoms with Gasteiger partial charge in [-0.15, -0.1) is 0 Å². The highest BCUT2D eigenvalue weighted by atomic mass is 17.2. The Morgan fingerprint density at radius 3 is 2.62 bits per heavy atom. The Bertz CT molecular complexity index is 150. The highest BCUT2D eigenvalue weighted by molar-refractivity contribution is 5.71. The lowest BCUT2D eigenvalue weighted by Gasteiger charge is -2.18. The average Bonchev–Trinajstić information content (AvgIpc) is 2.19. The molecule has 0 saturated heterocycles. The van der Waals surface area contributed by atoms with Crippen molar-refractivity contribution in [2.24, 2.45) is 5.92 Å². The summed E-state index contributed by atoms with van der Waals surface area (Å²) in [6.45, 7) is 2.48. The van der Waals surface area contributed by atoms with E-state index in [1.807, 2.05) is 6.92 Å². The van der Waals surface area contributed by atoms with Gasteiger partial charge in [0.2, 0.25) is 0 Å². The standard InChI is InChI=1S/C10H18O3/c1-2-8-12-13-10(11)9-6-4-3-5-7-9/h9H,2-8H2,1H3. The van der Waals surface area contributed by atoms with Crippen LogP contribution in [0.1, 0.15) is 45.4 Å². The largest absolute Gasteiger partial charge is 0.345 e. The molecule has 0 unspecified atom stereocenters. The van der Waals surface area contributed by atoms with Crippen LogP contribution in [0.3, 0.4) is 0 Å². The van der Waals surface area contributed by atoms with Crippen molar-refractivity contribution < 1.29 is 14.6 Å². The van der Waals surface area contributed by atoms with E-state index in [2.05, 4.69) is 4.89 Å². The summed E-state index contributed by atoms with van der Waals surface area (Å²) >= 11 is 0. The summed E-state index contributed by atoms with van der Waals surface area (Å²) in [7, 11) is 0. The van der Waals surface area contributed by atoms with E-state index in [0.29, 0.717) is 6.61 Å². The zero-order chi connectivity index (χ0) is 9.52. The molecule has 0 N–H and O–H groups in total. The van der Waals surface area contributed by atoms with Crippen LogP contribution >= 0.6 is 0 Å². The molecule has 0 aromatic heterocycles. The molecule has 3 nitrogen and oxygen atoms in total. The quantitative estimate of drug-likeness (QED) is 0.384. The first-order valence-corrected chi connectivity index (χ1v) is 5.18. The van der Waals surface area contributed by atoms with Crippen LogP contribution in [-0.4, -0.2) is 12.6 Å². The maximum Gasteiger partial charge on any atom is 0.345 e. The molecule has 1 aliphatic rings. The minimum Gasteiger partial charge on any atom is -0.298 e. The molecule has 0 aliphatic heterocycles. The second-order valence-corrected chi connectivity index (χ2v) is 3.56. The maximum absolute atomic E-state index is 11.3. The lowest BCUT2D eigenvalue weighted by molar-refractivity contribution is -0.276. The van der Waals surface area contributed by atoms with Crippen LogP contribution in [0.5, 0.6) is 0 Å². The zero-order valence-corrected chi connectivity index (χ0v) is 8.25. The minimum atomic E-state index is -0.173. The van der Waals surface area contributed by atoms with Crippen molar-refractivity contribution in [1.82, 2.24) is 0 Å². The summed E-state index contributed by atoms with van der Waals surface area (Å²) in [4.78, 5) is 20.8. The van der Waals surface area contributed by atoms with E-state index in [-0.39, 0.29) is 11.9 Å². The first kappa shape index (κ1) is 10.5. The van der Waals surface area contributed by atoms with E-state index in [9.17, 15) is 4.79 Å². The van der Waals surface area contributed by atoms with Crippen molar-refractivity contribution in [1.29, 1.82) is 0 Å². The molecule has 3 heteroatoms. The Labute approximate surface area is 79.3 Å². The van der Waals surface area contributed by atoms with E-state index < -0.39 is 0 Å². The van der Waals surface area contributed by atoms with Crippen molar-refractivity contribution in [3.63, 3.8) is 0 Å². The van der Waals surface area contributed by atoms with Gasteiger partial charge in [-0.2, -0.15) is 4.89 Å². The van der Waals surface area contributed by atoms with Gasteiger partial charge in [-0.3, -0.25) is 4.89 Å². The third-order valence-electron chi connectivity index (χ3n) is 2.37. The highest BCUT2D eigenvalue weighted by Gasteiger charge is 2.23. The van der Waals surface area contributed by atoms with Crippen LogP contribution in [0.4, 0.5) is 0 Å². The molecule has 76 valence electrons. The smallest absolute Gasteiger partial charge is 0.298 e. The molecule has 1 rings (SSSR count). The number of carbonyl (C=O) groups is 1. The molecule has 0 aromatic carbocycles. The fourth-order valence-electron chi connectivity index (χ4n) is 1.59. The van der Waals surface area contributed by atoms with Gasteiger partial charge in [-0.1, -0.05) is 26.2 Å². The molecule has 1 saturated carbocycles. The summed E-state index contributed by atoms with van der Waals surface area (Å²) in [5.41, 5.74) is 0. The van der Waals surface area contributed by atoms with Crippen molar-refractivity contribution in [3.05, 3.63) is 0 Å². The monoisotopic (exact) mass is 186 g/mol. The van der Waals surface area contributed by atoms with Crippen molar-refractivity contribution in [2.45, 2.75) is 45.4 Å². The van der Waals surface area contributed by atoms with Crippen molar-refractivity contribution in [3.8, 4) is 0 Å². The number of hydrogen-bond acceptors (Lipinski definition) is 3. The molecule has 0 amide bonds. The van der Waals surface area contributed by atoms with Crippen molar-refractivity contribution >= 4 is 5.97 Å². The molecule has 0 bridgehead atoms. The van der Waals surface area contributed by atoms with E-state index in [1.54, 1.807) is 0 Å². The van der Waals surface area contributed by atoms with E-state index in [1.165, 1.54) is 6.42 Å². The normalized spacial score (nSPS) is 18.5. The van der Waals surface area contributed by atoms with E-state index in [0.717, 1.165) is 32.1 Å². The van der Waals surface area contributed by atoms with Gasteiger partial charge in [0, 0.05) is 0 Å². The van der Waals surface area contributed by atoms with Gasteiger partial charge in [-0.05, 0) is 19.3 Å². The summed E-state index contributed by atoms with van der Waals surface area (Å²) in [5.74, 6) is -0.0845. The molecule has 0 atom stereocenters. The second-order valence-electron chi connectivity index (χ2n) is 3.56. The number of hydrogen-bond donors (Lipinski definition) is 0. The molecule has 1 fully saturated rings. The molecule has 0 heterocycles. The van der Waals surface area contributed by atoms with Gasteiger partial charge >= 0.3 is 5.97 Å². The Morgan fingerprint density at radius 2 is 2.00 bits per heavy atom. The summed E-state index contributed by atoms with van der Waals surface area (Å²) in [6.07, 6.45) is 6.35. The van der Waals surface area contributed by atoms with Gasteiger partial charge in [0.05, 0.1) is 12.5 Å². The average molecular weight is 186 g/mol. The third kappa shape index (κ3) is 3.77. The van der Waals surface area contributed by atoms with Crippen LogP contribution in [0, 0.1) is 5.92 Å². The van der Waals surface area contributed by atoms with Crippen LogP contribution < -0.4 is 0 Å². The molecule has 0 radical (unpaired) electrons. The minimum absolute atomic E-state index is 0.0885. The lowest BCUT2D eigenvalue weighted by atomic mass is 9.89. The maximum atomic E-state index is 11.3. The fourth-order valence-corrected chi connectivity index (χ4v) is 1.59. The Morgan fingerprint density at radius 1 is 1.31 bits per heavy atom. The third-order valence-corrected chi connectivity index (χ3v) is 2.37.